The third-order valence-electron chi connectivity index (χ3n) is 2.42. The number of carbonyl (C=O) groups is 1. The van der Waals surface area contributed by atoms with E-state index in [2.05, 4.69) is 5.32 Å². The molecule has 100 valence electrons. The predicted octanol–water partition coefficient (Wildman–Crippen LogP) is 2.46. The van der Waals surface area contributed by atoms with Crippen LogP contribution >= 0.6 is 11.8 Å². The zero-order valence-electron chi connectivity index (χ0n) is 10.6. The van der Waals surface area contributed by atoms with Gasteiger partial charge < -0.3 is 10.1 Å². The van der Waals surface area contributed by atoms with E-state index in [1.54, 1.807) is 32.2 Å². The molecule has 1 atom stereocenters. The molecular formula is C13H18FNO2S. The second kappa shape index (κ2) is 8.11. The van der Waals surface area contributed by atoms with Crippen molar-refractivity contribution in [3.8, 4) is 0 Å². The fourth-order valence-electron chi connectivity index (χ4n) is 1.47. The topological polar surface area (TPSA) is 38.3 Å². The van der Waals surface area contributed by atoms with E-state index in [0.717, 1.165) is 0 Å². The number of nitrogens with one attached hydrogen (secondary N) is 1. The summed E-state index contributed by atoms with van der Waals surface area (Å²) < 4.78 is 18.3. The van der Waals surface area contributed by atoms with Gasteiger partial charge in [-0.25, -0.2) is 4.39 Å². The van der Waals surface area contributed by atoms with Crippen LogP contribution in [0.4, 0.5) is 4.39 Å². The van der Waals surface area contributed by atoms with Crippen molar-refractivity contribution in [2.24, 2.45) is 0 Å². The lowest BCUT2D eigenvalue weighted by Crippen LogP contribution is -2.36. The van der Waals surface area contributed by atoms with Crippen LogP contribution in [0.15, 0.2) is 29.2 Å². The molecule has 1 aromatic rings. The van der Waals surface area contributed by atoms with Crippen molar-refractivity contribution in [3.05, 3.63) is 30.1 Å². The Balaban J connectivity index is 2.40. The number of ether oxygens (including phenoxy) is 1. The summed E-state index contributed by atoms with van der Waals surface area (Å²) in [6.07, 6.45) is 0.605. The molecule has 5 heteroatoms. The van der Waals surface area contributed by atoms with Crippen LogP contribution in [0.1, 0.15) is 13.3 Å². The van der Waals surface area contributed by atoms with E-state index >= 15 is 0 Å². The fraction of sp³-hybridized carbons (Fsp3) is 0.462. The molecule has 3 nitrogen and oxygen atoms in total. The van der Waals surface area contributed by atoms with Crippen molar-refractivity contribution < 1.29 is 13.9 Å². The van der Waals surface area contributed by atoms with Crippen LogP contribution in [0.25, 0.3) is 0 Å². The zero-order valence-corrected chi connectivity index (χ0v) is 11.4. The summed E-state index contributed by atoms with van der Waals surface area (Å²) in [6, 6.07) is 6.30. The van der Waals surface area contributed by atoms with E-state index in [-0.39, 0.29) is 17.8 Å². The van der Waals surface area contributed by atoms with E-state index in [4.69, 9.17) is 4.74 Å². The van der Waals surface area contributed by atoms with Gasteiger partial charge in [0, 0.05) is 10.6 Å². The van der Waals surface area contributed by atoms with Gasteiger partial charge in [0.25, 0.3) is 0 Å². The van der Waals surface area contributed by atoms with Gasteiger partial charge in [0.05, 0.1) is 6.61 Å². The molecule has 1 N–H and O–H groups in total. The summed E-state index contributed by atoms with van der Waals surface area (Å²) in [5.74, 6) is 0.180. The number of carbonyl (C=O) groups excluding carboxylic acids is 1. The Labute approximate surface area is 111 Å². The van der Waals surface area contributed by atoms with Gasteiger partial charge in [-0.15, -0.1) is 11.8 Å². The van der Waals surface area contributed by atoms with Crippen molar-refractivity contribution in [2.75, 3.05) is 19.4 Å². The molecule has 1 aromatic carbocycles. The van der Waals surface area contributed by atoms with Crippen molar-refractivity contribution in [1.29, 1.82) is 0 Å². The standard InChI is InChI=1S/C13H18FNO2S/c1-3-17-13(16)11(15-2)8-9-18-12-7-5-4-6-10(12)14/h4-7,11,15H,3,8-9H2,1-2H3. The first-order chi connectivity index (χ1) is 8.69. The first-order valence-corrected chi connectivity index (χ1v) is 6.88. The molecule has 1 rings (SSSR count). The Bertz CT molecular complexity index is 387. The van der Waals surface area contributed by atoms with Crippen LogP contribution < -0.4 is 5.32 Å². The van der Waals surface area contributed by atoms with E-state index in [1.807, 2.05) is 0 Å². The molecule has 0 amide bonds. The Hall–Kier alpha value is -1.07. The maximum Gasteiger partial charge on any atom is 0.323 e. The lowest BCUT2D eigenvalue weighted by molar-refractivity contribution is -0.145. The Morgan fingerprint density at radius 2 is 2.22 bits per heavy atom. The molecule has 0 aliphatic rings. The monoisotopic (exact) mass is 271 g/mol. The van der Waals surface area contributed by atoms with Gasteiger partial charge in [0.15, 0.2) is 0 Å². The number of hydrogen-bond acceptors (Lipinski definition) is 4. The van der Waals surface area contributed by atoms with Crippen LogP contribution in [-0.2, 0) is 9.53 Å². The normalized spacial score (nSPS) is 12.2. The number of thioether (sulfide) groups is 1. The molecule has 1 unspecified atom stereocenters. The molecule has 18 heavy (non-hydrogen) atoms. The highest BCUT2D eigenvalue weighted by atomic mass is 32.2. The minimum absolute atomic E-state index is 0.223. The Kier molecular flexibility index (Phi) is 6.75. The third kappa shape index (κ3) is 4.66. The largest absolute Gasteiger partial charge is 0.465 e. The van der Waals surface area contributed by atoms with Gasteiger partial charge in [0.2, 0.25) is 0 Å². The predicted molar refractivity (Wildman–Crippen MR) is 71.2 cm³/mol. The van der Waals surface area contributed by atoms with E-state index in [0.29, 0.717) is 23.7 Å². The molecule has 0 spiro atoms. The summed E-state index contributed by atoms with van der Waals surface area (Å²) in [4.78, 5) is 12.1. The summed E-state index contributed by atoms with van der Waals surface area (Å²) in [5.41, 5.74) is 0. The highest BCUT2D eigenvalue weighted by molar-refractivity contribution is 7.99. The van der Waals surface area contributed by atoms with E-state index in [1.165, 1.54) is 17.8 Å². The summed E-state index contributed by atoms with van der Waals surface area (Å²) >= 11 is 1.40. The van der Waals surface area contributed by atoms with Crippen LogP contribution in [-0.4, -0.2) is 31.4 Å². The summed E-state index contributed by atoms with van der Waals surface area (Å²) in [5, 5.41) is 2.91. The van der Waals surface area contributed by atoms with Crippen LogP contribution in [0.2, 0.25) is 0 Å². The first-order valence-electron chi connectivity index (χ1n) is 5.90. The number of halogens is 1. The van der Waals surface area contributed by atoms with Crippen molar-refractivity contribution in [1.82, 2.24) is 5.32 Å². The fourth-order valence-corrected chi connectivity index (χ4v) is 2.43. The SMILES string of the molecule is CCOC(=O)C(CCSc1ccccc1F)NC. The van der Waals surface area contributed by atoms with E-state index in [9.17, 15) is 9.18 Å². The lowest BCUT2D eigenvalue weighted by atomic mass is 10.2. The number of likely N-dealkylation sites (N-methyl/N-ethyl adjacent to an activating group) is 1. The minimum atomic E-state index is -0.329. The van der Waals surface area contributed by atoms with Crippen molar-refractivity contribution in [3.63, 3.8) is 0 Å². The molecule has 0 fully saturated rings. The maximum atomic E-state index is 13.3. The molecular weight excluding hydrogens is 253 g/mol. The average molecular weight is 271 g/mol. The average Bonchev–Trinajstić information content (AvgIpc) is 2.37. The van der Waals surface area contributed by atoms with Crippen molar-refractivity contribution >= 4 is 17.7 Å². The van der Waals surface area contributed by atoms with Crippen molar-refractivity contribution in [2.45, 2.75) is 24.3 Å². The zero-order chi connectivity index (χ0) is 13.4. The van der Waals surface area contributed by atoms with Crippen LogP contribution in [0.3, 0.4) is 0 Å². The quantitative estimate of drug-likeness (QED) is 0.611. The molecule has 0 aliphatic heterocycles. The molecule has 0 bridgehead atoms. The molecule has 0 aliphatic carbocycles. The second-order valence-corrected chi connectivity index (χ2v) is 4.80. The van der Waals surface area contributed by atoms with Crippen LogP contribution in [0, 0.1) is 5.82 Å². The van der Waals surface area contributed by atoms with Gasteiger partial charge in [0.1, 0.15) is 11.9 Å². The molecule has 0 aromatic heterocycles. The molecule has 0 saturated carbocycles. The van der Waals surface area contributed by atoms with Gasteiger partial charge in [-0.05, 0) is 32.5 Å². The smallest absolute Gasteiger partial charge is 0.323 e. The minimum Gasteiger partial charge on any atom is -0.465 e. The third-order valence-corrected chi connectivity index (χ3v) is 3.50. The second-order valence-electron chi connectivity index (χ2n) is 3.66. The van der Waals surface area contributed by atoms with E-state index < -0.39 is 0 Å². The molecule has 0 saturated heterocycles. The summed E-state index contributed by atoms with van der Waals surface area (Å²) in [7, 11) is 1.72. The van der Waals surface area contributed by atoms with Gasteiger partial charge in [-0.1, -0.05) is 12.1 Å². The Morgan fingerprint density at radius 3 is 2.83 bits per heavy atom. The first kappa shape index (κ1) is 15.0. The number of rotatable bonds is 7. The van der Waals surface area contributed by atoms with Gasteiger partial charge >= 0.3 is 5.97 Å². The number of benzene rings is 1. The van der Waals surface area contributed by atoms with Gasteiger partial charge in [-0.3, -0.25) is 4.79 Å². The molecule has 0 radical (unpaired) electrons. The number of hydrogen-bond donors (Lipinski definition) is 1. The lowest BCUT2D eigenvalue weighted by Gasteiger charge is -2.14. The molecule has 0 heterocycles. The van der Waals surface area contributed by atoms with Crippen LogP contribution in [0.5, 0.6) is 0 Å². The highest BCUT2D eigenvalue weighted by Crippen LogP contribution is 2.22. The Morgan fingerprint density at radius 1 is 1.50 bits per heavy atom. The summed E-state index contributed by atoms with van der Waals surface area (Å²) in [6.45, 7) is 2.15. The highest BCUT2D eigenvalue weighted by Gasteiger charge is 2.17. The maximum absolute atomic E-state index is 13.3. The number of esters is 1. The van der Waals surface area contributed by atoms with Gasteiger partial charge in [-0.2, -0.15) is 0 Å².